The second-order valence-electron chi connectivity index (χ2n) is 4.83. The highest BCUT2D eigenvalue weighted by atomic mass is 16.5. The van der Waals surface area contributed by atoms with E-state index in [9.17, 15) is 4.79 Å². The van der Waals surface area contributed by atoms with Crippen molar-refractivity contribution in [2.24, 2.45) is 0 Å². The number of nitrogens with zero attached hydrogens (tertiary/aromatic N) is 2. The van der Waals surface area contributed by atoms with Crippen molar-refractivity contribution in [2.45, 2.75) is 19.4 Å². The molecule has 1 N–H and O–H groups in total. The predicted molar refractivity (Wildman–Crippen MR) is 75.8 cm³/mol. The molecule has 1 aromatic carbocycles. The third-order valence-corrected chi connectivity index (χ3v) is 3.04. The van der Waals surface area contributed by atoms with E-state index in [0.29, 0.717) is 17.4 Å². The van der Waals surface area contributed by atoms with Crippen molar-refractivity contribution in [3.8, 4) is 11.5 Å². The van der Waals surface area contributed by atoms with Crippen LogP contribution in [0.25, 0.3) is 11.5 Å². The van der Waals surface area contributed by atoms with Crippen molar-refractivity contribution >= 4 is 11.8 Å². The first-order valence-electron chi connectivity index (χ1n) is 6.31. The molecule has 1 aromatic heterocycles. The van der Waals surface area contributed by atoms with Crippen molar-refractivity contribution in [2.75, 3.05) is 19.5 Å². The lowest BCUT2D eigenvalue weighted by molar-refractivity contribution is 0.00973. The van der Waals surface area contributed by atoms with Gasteiger partial charge in [0.15, 0.2) is 0 Å². The highest BCUT2D eigenvalue weighted by Gasteiger charge is 2.26. The number of hydrogen-bond donors (Lipinski definition) is 1. The van der Waals surface area contributed by atoms with Gasteiger partial charge < -0.3 is 14.0 Å². The Labute approximate surface area is 122 Å². The second kappa shape index (κ2) is 5.92. The summed E-state index contributed by atoms with van der Waals surface area (Å²) in [7, 11) is 2.89. The molecule has 21 heavy (non-hydrogen) atoms. The lowest BCUT2D eigenvalue weighted by atomic mass is 10.1. The average Bonchev–Trinajstić information content (AvgIpc) is 2.98. The molecule has 0 saturated carbocycles. The van der Waals surface area contributed by atoms with Gasteiger partial charge in [-0.25, -0.2) is 4.79 Å². The molecule has 0 radical (unpaired) electrons. The standard InChI is InChI=1S/C14H17N3O4/c1-14(2,20-4)12-16-11(21-17-12)9-5-7-10(8-6-9)15-13(18)19-3/h5-8H,1-4H3,(H,15,18). The fourth-order valence-corrected chi connectivity index (χ4v) is 1.54. The summed E-state index contributed by atoms with van der Waals surface area (Å²) in [6.07, 6.45) is -0.523. The number of carbonyl (C=O) groups excluding carboxylic acids is 1. The molecule has 0 atom stereocenters. The topological polar surface area (TPSA) is 86.5 Å². The Balaban J connectivity index is 2.18. The summed E-state index contributed by atoms with van der Waals surface area (Å²) in [6, 6.07) is 6.97. The molecule has 112 valence electrons. The molecule has 1 amide bonds. The summed E-state index contributed by atoms with van der Waals surface area (Å²) in [5.74, 6) is 0.858. The summed E-state index contributed by atoms with van der Waals surface area (Å²) in [6.45, 7) is 3.70. The van der Waals surface area contributed by atoms with Gasteiger partial charge in [-0.05, 0) is 38.1 Å². The second-order valence-corrected chi connectivity index (χ2v) is 4.83. The Morgan fingerprint density at radius 1 is 1.24 bits per heavy atom. The van der Waals surface area contributed by atoms with Gasteiger partial charge >= 0.3 is 6.09 Å². The average molecular weight is 291 g/mol. The van der Waals surface area contributed by atoms with Gasteiger partial charge in [-0.15, -0.1) is 0 Å². The molecular weight excluding hydrogens is 274 g/mol. The highest BCUT2D eigenvalue weighted by molar-refractivity contribution is 5.84. The molecule has 2 rings (SSSR count). The minimum absolute atomic E-state index is 0.389. The van der Waals surface area contributed by atoms with Gasteiger partial charge in [0.25, 0.3) is 5.89 Å². The van der Waals surface area contributed by atoms with Crippen LogP contribution in [0.5, 0.6) is 0 Å². The van der Waals surface area contributed by atoms with Gasteiger partial charge in [0.05, 0.1) is 7.11 Å². The third-order valence-electron chi connectivity index (χ3n) is 3.04. The smallest absolute Gasteiger partial charge is 0.411 e. The summed E-state index contributed by atoms with van der Waals surface area (Å²) >= 11 is 0. The first kappa shape index (κ1) is 15.0. The van der Waals surface area contributed by atoms with Gasteiger partial charge in [0, 0.05) is 18.4 Å². The number of methoxy groups -OCH3 is 2. The fourth-order valence-electron chi connectivity index (χ4n) is 1.54. The van der Waals surface area contributed by atoms with Crippen LogP contribution in [0.15, 0.2) is 28.8 Å². The van der Waals surface area contributed by atoms with E-state index < -0.39 is 11.7 Å². The lowest BCUT2D eigenvalue weighted by Crippen LogP contribution is -2.21. The number of benzene rings is 1. The first-order chi connectivity index (χ1) is 9.96. The molecule has 0 saturated heterocycles. The number of carbonyl (C=O) groups is 1. The number of rotatable bonds is 4. The summed E-state index contributed by atoms with van der Waals surface area (Å²) in [4.78, 5) is 15.4. The molecule has 0 bridgehead atoms. The molecule has 7 heteroatoms. The SMILES string of the molecule is COC(=O)Nc1ccc(-c2nc(C(C)(C)OC)no2)cc1. The zero-order valence-electron chi connectivity index (χ0n) is 12.3. The van der Waals surface area contributed by atoms with Crippen molar-refractivity contribution in [3.05, 3.63) is 30.1 Å². The van der Waals surface area contributed by atoms with Crippen LogP contribution in [0, 0.1) is 0 Å². The summed E-state index contributed by atoms with van der Waals surface area (Å²) in [5.41, 5.74) is 0.743. The monoisotopic (exact) mass is 291 g/mol. The molecule has 0 unspecified atom stereocenters. The predicted octanol–water partition coefficient (Wildman–Crippen LogP) is 2.80. The van der Waals surface area contributed by atoms with E-state index in [-0.39, 0.29) is 0 Å². The van der Waals surface area contributed by atoms with Crippen LogP contribution < -0.4 is 5.32 Å². The number of nitrogens with one attached hydrogen (secondary N) is 1. The molecular formula is C14H17N3O4. The van der Waals surface area contributed by atoms with Gasteiger partial charge in [-0.2, -0.15) is 4.98 Å². The maximum Gasteiger partial charge on any atom is 0.411 e. The van der Waals surface area contributed by atoms with Gasteiger partial charge in [0.2, 0.25) is 5.82 Å². The van der Waals surface area contributed by atoms with Crippen molar-refractivity contribution in [3.63, 3.8) is 0 Å². The molecule has 0 fully saturated rings. The molecule has 7 nitrogen and oxygen atoms in total. The Morgan fingerprint density at radius 2 is 1.90 bits per heavy atom. The minimum Gasteiger partial charge on any atom is -0.453 e. The van der Waals surface area contributed by atoms with Crippen LogP contribution in [0.3, 0.4) is 0 Å². The molecule has 0 aliphatic rings. The highest BCUT2D eigenvalue weighted by Crippen LogP contribution is 2.25. The zero-order chi connectivity index (χ0) is 15.5. The van der Waals surface area contributed by atoms with Crippen LogP contribution in [0.1, 0.15) is 19.7 Å². The molecule has 1 heterocycles. The summed E-state index contributed by atoms with van der Waals surface area (Å²) in [5, 5.41) is 6.48. The largest absolute Gasteiger partial charge is 0.453 e. The molecule has 0 aliphatic heterocycles. The lowest BCUT2D eigenvalue weighted by Gasteiger charge is -2.17. The number of ether oxygens (including phenoxy) is 2. The van der Waals surface area contributed by atoms with E-state index in [1.165, 1.54) is 7.11 Å². The van der Waals surface area contributed by atoms with Crippen LogP contribution in [-0.2, 0) is 15.1 Å². The number of anilines is 1. The van der Waals surface area contributed by atoms with E-state index in [1.54, 1.807) is 31.4 Å². The van der Waals surface area contributed by atoms with E-state index in [2.05, 4.69) is 20.2 Å². The van der Waals surface area contributed by atoms with Crippen LogP contribution in [-0.4, -0.2) is 30.5 Å². The quantitative estimate of drug-likeness (QED) is 0.932. The Bertz CT molecular complexity index is 619. The van der Waals surface area contributed by atoms with Crippen molar-refractivity contribution in [1.82, 2.24) is 10.1 Å². The first-order valence-corrected chi connectivity index (χ1v) is 6.31. The Hall–Kier alpha value is -2.41. The normalized spacial score (nSPS) is 11.2. The number of amides is 1. The van der Waals surface area contributed by atoms with E-state index in [0.717, 1.165) is 5.56 Å². The third kappa shape index (κ3) is 3.38. The van der Waals surface area contributed by atoms with Crippen LogP contribution >= 0.6 is 0 Å². The molecule has 2 aromatic rings. The van der Waals surface area contributed by atoms with Crippen LogP contribution in [0.2, 0.25) is 0 Å². The zero-order valence-corrected chi connectivity index (χ0v) is 12.3. The summed E-state index contributed by atoms with van der Waals surface area (Å²) < 4.78 is 15.0. The van der Waals surface area contributed by atoms with E-state index in [4.69, 9.17) is 9.26 Å². The van der Waals surface area contributed by atoms with E-state index in [1.807, 2.05) is 13.8 Å². The molecule has 0 aliphatic carbocycles. The fraction of sp³-hybridized carbons (Fsp3) is 0.357. The maximum atomic E-state index is 11.1. The van der Waals surface area contributed by atoms with Crippen molar-refractivity contribution < 1.29 is 18.8 Å². The number of hydrogen-bond acceptors (Lipinski definition) is 6. The Morgan fingerprint density at radius 3 is 2.48 bits per heavy atom. The number of aromatic nitrogens is 2. The Kier molecular flexibility index (Phi) is 4.23. The van der Waals surface area contributed by atoms with Crippen molar-refractivity contribution in [1.29, 1.82) is 0 Å². The minimum atomic E-state index is -0.617. The van der Waals surface area contributed by atoms with Gasteiger partial charge in [0.1, 0.15) is 5.60 Å². The van der Waals surface area contributed by atoms with E-state index >= 15 is 0 Å². The van der Waals surface area contributed by atoms with Gasteiger partial charge in [-0.3, -0.25) is 5.32 Å². The van der Waals surface area contributed by atoms with Crippen LogP contribution in [0.4, 0.5) is 10.5 Å². The molecule has 0 spiro atoms. The maximum absolute atomic E-state index is 11.1. The van der Waals surface area contributed by atoms with Gasteiger partial charge in [-0.1, -0.05) is 5.16 Å².